The van der Waals surface area contributed by atoms with Gasteiger partial charge in [-0.2, -0.15) is 0 Å². The summed E-state index contributed by atoms with van der Waals surface area (Å²) in [7, 11) is 0. The highest BCUT2D eigenvalue weighted by molar-refractivity contribution is 9.10. The van der Waals surface area contributed by atoms with Crippen LogP contribution in [0.4, 0.5) is 11.4 Å². The molecule has 0 unspecified atom stereocenters. The van der Waals surface area contributed by atoms with Crippen LogP contribution in [0.2, 0.25) is 0 Å². The van der Waals surface area contributed by atoms with Crippen molar-refractivity contribution in [2.45, 2.75) is 32.8 Å². The Morgan fingerprint density at radius 3 is 2.71 bits per heavy atom. The van der Waals surface area contributed by atoms with E-state index in [1.54, 1.807) is 6.92 Å². The second-order valence-corrected chi connectivity index (χ2v) is 6.62. The van der Waals surface area contributed by atoms with Gasteiger partial charge in [0.05, 0.1) is 6.10 Å². The van der Waals surface area contributed by atoms with Crippen molar-refractivity contribution in [3.05, 3.63) is 57.6 Å². The van der Waals surface area contributed by atoms with Crippen molar-refractivity contribution in [1.82, 2.24) is 0 Å². The molecule has 1 aliphatic heterocycles. The predicted octanol–water partition coefficient (Wildman–Crippen LogP) is 4.90. The Labute approximate surface area is 134 Å². The molecule has 3 rings (SSSR count). The van der Waals surface area contributed by atoms with Crippen LogP contribution in [0.5, 0.6) is 0 Å². The highest BCUT2D eigenvalue weighted by Gasteiger charge is 2.19. The molecule has 0 radical (unpaired) electrons. The maximum Gasteiger partial charge on any atom is 0.0772 e. The first-order chi connectivity index (χ1) is 10.1. The maximum atomic E-state index is 9.75. The third kappa shape index (κ3) is 2.85. The van der Waals surface area contributed by atoms with Gasteiger partial charge in [0.15, 0.2) is 0 Å². The van der Waals surface area contributed by atoms with Gasteiger partial charge in [0.25, 0.3) is 0 Å². The summed E-state index contributed by atoms with van der Waals surface area (Å²) in [6, 6.07) is 12.9. The van der Waals surface area contributed by atoms with E-state index in [1.807, 2.05) is 6.07 Å². The number of aliphatic hydroxyl groups is 1. The van der Waals surface area contributed by atoms with E-state index < -0.39 is 6.10 Å². The fourth-order valence-corrected chi connectivity index (χ4v) is 3.71. The van der Waals surface area contributed by atoms with E-state index in [0.717, 1.165) is 23.0 Å². The van der Waals surface area contributed by atoms with Gasteiger partial charge in [-0.05, 0) is 56.0 Å². The van der Waals surface area contributed by atoms with Crippen molar-refractivity contribution in [2.24, 2.45) is 0 Å². The molecule has 2 aromatic carbocycles. The minimum Gasteiger partial charge on any atom is -0.389 e. The van der Waals surface area contributed by atoms with E-state index in [1.165, 1.54) is 28.9 Å². The average Bonchev–Trinajstić information content (AvgIpc) is 2.45. The van der Waals surface area contributed by atoms with Crippen LogP contribution in [0.3, 0.4) is 0 Å². The van der Waals surface area contributed by atoms with E-state index >= 15 is 0 Å². The normalized spacial score (nSPS) is 15.7. The number of hydrogen-bond acceptors (Lipinski definition) is 2. The van der Waals surface area contributed by atoms with Gasteiger partial charge in [-0.25, -0.2) is 0 Å². The van der Waals surface area contributed by atoms with Crippen LogP contribution >= 0.6 is 15.9 Å². The van der Waals surface area contributed by atoms with Crippen LogP contribution in [0, 0.1) is 6.92 Å². The zero-order valence-electron chi connectivity index (χ0n) is 12.4. The first-order valence-corrected chi connectivity index (χ1v) is 8.20. The predicted molar refractivity (Wildman–Crippen MR) is 91.3 cm³/mol. The molecule has 1 N–H and O–H groups in total. The number of aliphatic hydroxyl groups excluding tert-OH is 1. The molecule has 1 heterocycles. The number of rotatable bonds is 2. The minimum atomic E-state index is -0.454. The molecule has 1 atom stereocenters. The number of aryl methyl sites for hydroxylation is 2. The highest BCUT2D eigenvalue weighted by atomic mass is 79.9. The Balaban J connectivity index is 2.01. The SMILES string of the molecule is Cc1ccc2c(c1)CCCN2c1ccc([C@@H](C)O)c(Br)c1. The van der Waals surface area contributed by atoms with Gasteiger partial charge in [0.2, 0.25) is 0 Å². The molecule has 1 aliphatic rings. The number of halogens is 1. The zero-order valence-corrected chi connectivity index (χ0v) is 14.0. The van der Waals surface area contributed by atoms with E-state index in [9.17, 15) is 5.11 Å². The first-order valence-electron chi connectivity index (χ1n) is 7.41. The second-order valence-electron chi connectivity index (χ2n) is 5.77. The lowest BCUT2D eigenvalue weighted by Crippen LogP contribution is -2.24. The Kier molecular flexibility index (Phi) is 4.05. The lowest BCUT2D eigenvalue weighted by Gasteiger charge is -2.32. The van der Waals surface area contributed by atoms with Crippen molar-refractivity contribution < 1.29 is 5.11 Å². The molecule has 0 aliphatic carbocycles. The lowest BCUT2D eigenvalue weighted by atomic mass is 9.98. The van der Waals surface area contributed by atoms with Crippen LogP contribution in [0.15, 0.2) is 40.9 Å². The minimum absolute atomic E-state index is 0.454. The third-order valence-corrected chi connectivity index (χ3v) is 4.79. The lowest BCUT2D eigenvalue weighted by molar-refractivity contribution is 0.198. The van der Waals surface area contributed by atoms with Crippen LogP contribution in [-0.2, 0) is 6.42 Å². The monoisotopic (exact) mass is 345 g/mol. The van der Waals surface area contributed by atoms with Crippen molar-refractivity contribution >= 4 is 27.3 Å². The molecule has 0 aromatic heterocycles. The summed E-state index contributed by atoms with van der Waals surface area (Å²) >= 11 is 3.58. The van der Waals surface area contributed by atoms with Crippen LogP contribution in [0.25, 0.3) is 0 Å². The average molecular weight is 346 g/mol. The van der Waals surface area contributed by atoms with Crippen LogP contribution < -0.4 is 4.90 Å². The molecule has 0 fully saturated rings. The summed E-state index contributed by atoms with van der Waals surface area (Å²) in [6.45, 7) is 4.97. The van der Waals surface area contributed by atoms with Crippen molar-refractivity contribution in [3.63, 3.8) is 0 Å². The number of anilines is 2. The van der Waals surface area contributed by atoms with Gasteiger partial charge in [-0.15, -0.1) is 0 Å². The van der Waals surface area contributed by atoms with Crippen molar-refractivity contribution in [1.29, 1.82) is 0 Å². The third-order valence-electron chi connectivity index (χ3n) is 4.10. The number of benzene rings is 2. The largest absolute Gasteiger partial charge is 0.389 e. The molecule has 2 aromatic rings. The zero-order chi connectivity index (χ0) is 15.0. The Morgan fingerprint density at radius 2 is 2.00 bits per heavy atom. The smallest absolute Gasteiger partial charge is 0.0772 e. The Morgan fingerprint density at radius 1 is 1.19 bits per heavy atom. The first kappa shape index (κ1) is 14.6. The molecule has 0 spiro atoms. The van der Waals surface area contributed by atoms with Gasteiger partial charge < -0.3 is 10.0 Å². The van der Waals surface area contributed by atoms with E-state index in [4.69, 9.17) is 0 Å². The molecule has 0 saturated carbocycles. The Bertz CT molecular complexity index is 666. The molecule has 0 saturated heterocycles. The van der Waals surface area contributed by atoms with Gasteiger partial charge in [-0.1, -0.05) is 39.7 Å². The summed E-state index contributed by atoms with van der Waals surface area (Å²) in [6.07, 6.45) is 1.87. The number of nitrogens with zero attached hydrogens (tertiary/aromatic N) is 1. The summed E-state index contributed by atoms with van der Waals surface area (Å²) in [4.78, 5) is 2.37. The maximum absolute atomic E-state index is 9.75. The summed E-state index contributed by atoms with van der Waals surface area (Å²) < 4.78 is 0.967. The van der Waals surface area contributed by atoms with Crippen LogP contribution in [0.1, 0.15) is 36.1 Å². The number of hydrogen-bond donors (Lipinski definition) is 1. The quantitative estimate of drug-likeness (QED) is 0.836. The van der Waals surface area contributed by atoms with Crippen molar-refractivity contribution in [2.75, 3.05) is 11.4 Å². The fourth-order valence-electron chi connectivity index (χ4n) is 3.02. The van der Waals surface area contributed by atoms with Crippen molar-refractivity contribution in [3.8, 4) is 0 Å². The Hall–Kier alpha value is -1.32. The van der Waals surface area contributed by atoms with E-state index in [2.05, 4.69) is 58.1 Å². The van der Waals surface area contributed by atoms with Gasteiger partial charge >= 0.3 is 0 Å². The summed E-state index contributed by atoms with van der Waals surface area (Å²) in [5, 5.41) is 9.75. The molecular weight excluding hydrogens is 326 g/mol. The van der Waals surface area contributed by atoms with E-state index in [-0.39, 0.29) is 0 Å². The highest BCUT2D eigenvalue weighted by Crippen LogP contribution is 2.36. The molecular formula is C18H20BrNO. The van der Waals surface area contributed by atoms with Gasteiger partial charge in [0, 0.05) is 22.4 Å². The second kappa shape index (κ2) is 5.82. The molecule has 2 nitrogen and oxygen atoms in total. The molecule has 0 bridgehead atoms. The summed E-state index contributed by atoms with van der Waals surface area (Å²) in [5.74, 6) is 0. The fraction of sp³-hybridized carbons (Fsp3) is 0.333. The molecule has 0 amide bonds. The standard InChI is InChI=1S/C18H20BrNO/c1-12-5-8-18-14(10-12)4-3-9-20(18)15-6-7-16(13(2)21)17(19)11-15/h5-8,10-11,13,21H,3-4,9H2,1-2H3/t13-/m1/s1. The van der Waals surface area contributed by atoms with Gasteiger partial charge in [-0.3, -0.25) is 0 Å². The topological polar surface area (TPSA) is 23.5 Å². The van der Waals surface area contributed by atoms with Gasteiger partial charge in [0.1, 0.15) is 0 Å². The van der Waals surface area contributed by atoms with E-state index in [0.29, 0.717) is 0 Å². The molecule has 110 valence electrons. The van der Waals surface area contributed by atoms with Crippen LogP contribution in [-0.4, -0.2) is 11.7 Å². The number of fused-ring (bicyclic) bond motifs is 1. The summed E-state index contributed by atoms with van der Waals surface area (Å²) in [5.41, 5.74) is 6.16. The molecule has 3 heteroatoms. The molecule has 21 heavy (non-hydrogen) atoms.